The molecule has 108 valence electrons. The molecule has 0 aliphatic heterocycles. The molecule has 7 heteroatoms. The number of hydrogen-bond donors (Lipinski definition) is 1. The maximum absolute atomic E-state index is 12.1. The number of sulfonamides is 1. The Kier molecular flexibility index (Phi) is 6.25. The molecule has 0 aliphatic rings. The average Bonchev–Trinajstić information content (AvgIpc) is 2.35. The van der Waals surface area contributed by atoms with E-state index in [1.54, 1.807) is 13.0 Å². The Hall–Kier alpha value is -0.630. The number of ether oxygens (including phenoxy) is 2. The Balaban J connectivity index is 2.85. The fourth-order valence-electron chi connectivity index (χ4n) is 1.48. The molecule has 1 aromatic rings. The molecule has 0 aromatic heterocycles. The van der Waals surface area contributed by atoms with Gasteiger partial charge in [0.15, 0.2) is 0 Å². The second kappa shape index (κ2) is 7.23. The second-order valence-electron chi connectivity index (χ2n) is 3.98. The van der Waals surface area contributed by atoms with E-state index in [0.717, 1.165) is 0 Å². The van der Waals surface area contributed by atoms with Crippen LogP contribution in [0, 0.1) is 0 Å². The molecule has 5 nitrogen and oxygen atoms in total. The Morgan fingerprint density at radius 1 is 1.42 bits per heavy atom. The van der Waals surface area contributed by atoms with Gasteiger partial charge in [-0.05, 0) is 48.0 Å². The zero-order valence-corrected chi connectivity index (χ0v) is 13.5. The molecule has 0 saturated heterocycles. The Morgan fingerprint density at radius 3 is 2.63 bits per heavy atom. The van der Waals surface area contributed by atoms with Crippen molar-refractivity contribution in [1.29, 1.82) is 0 Å². The Morgan fingerprint density at radius 2 is 2.11 bits per heavy atom. The molecule has 0 heterocycles. The van der Waals surface area contributed by atoms with Crippen LogP contribution in [0.4, 0.5) is 0 Å². The summed E-state index contributed by atoms with van der Waals surface area (Å²) >= 11 is 3.27. The quantitative estimate of drug-likeness (QED) is 0.817. The van der Waals surface area contributed by atoms with Crippen molar-refractivity contribution in [1.82, 2.24) is 4.72 Å². The fraction of sp³-hybridized carbons (Fsp3) is 0.500. The molecule has 0 radical (unpaired) electrons. The minimum absolute atomic E-state index is 0.184. The van der Waals surface area contributed by atoms with E-state index in [-0.39, 0.29) is 10.9 Å². The van der Waals surface area contributed by atoms with E-state index >= 15 is 0 Å². The van der Waals surface area contributed by atoms with Gasteiger partial charge >= 0.3 is 0 Å². The second-order valence-corrected chi connectivity index (χ2v) is 6.55. The van der Waals surface area contributed by atoms with Crippen molar-refractivity contribution in [2.75, 3.05) is 20.3 Å². The van der Waals surface area contributed by atoms with E-state index < -0.39 is 10.0 Å². The van der Waals surface area contributed by atoms with Gasteiger partial charge in [-0.3, -0.25) is 0 Å². The van der Waals surface area contributed by atoms with Crippen molar-refractivity contribution in [3.05, 3.63) is 22.7 Å². The van der Waals surface area contributed by atoms with Gasteiger partial charge in [0.1, 0.15) is 5.75 Å². The van der Waals surface area contributed by atoms with Crippen LogP contribution < -0.4 is 9.46 Å². The molecule has 1 N–H and O–H groups in total. The van der Waals surface area contributed by atoms with Crippen molar-refractivity contribution < 1.29 is 17.9 Å². The highest BCUT2D eigenvalue weighted by atomic mass is 79.9. The topological polar surface area (TPSA) is 64.6 Å². The molecule has 0 bridgehead atoms. The first-order valence-corrected chi connectivity index (χ1v) is 8.12. The van der Waals surface area contributed by atoms with Gasteiger partial charge < -0.3 is 9.47 Å². The lowest BCUT2D eigenvalue weighted by Crippen LogP contribution is -2.35. The summed E-state index contributed by atoms with van der Waals surface area (Å²) in [5.41, 5.74) is 0. The van der Waals surface area contributed by atoms with Gasteiger partial charge in [-0.25, -0.2) is 13.1 Å². The summed E-state index contributed by atoms with van der Waals surface area (Å²) in [5, 5.41) is 0. The van der Waals surface area contributed by atoms with Crippen LogP contribution in [0.1, 0.15) is 13.8 Å². The van der Waals surface area contributed by atoms with Gasteiger partial charge in [-0.1, -0.05) is 0 Å². The van der Waals surface area contributed by atoms with Gasteiger partial charge in [-0.15, -0.1) is 0 Å². The van der Waals surface area contributed by atoms with Crippen molar-refractivity contribution in [2.45, 2.75) is 24.8 Å². The maximum atomic E-state index is 12.1. The average molecular weight is 352 g/mol. The SMILES string of the molecule is CCOCC(C)NS(=O)(=O)c1ccc(OC)c(Br)c1. The van der Waals surface area contributed by atoms with Crippen LogP contribution in [0.25, 0.3) is 0 Å². The predicted octanol–water partition coefficient (Wildman–Crippen LogP) is 2.16. The molecule has 0 aliphatic carbocycles. The molecule has 1 aromatic carbocycles. The largest absolute Gasteiger partial charge is 0.496 e. The third kappa shape index (κ3) is 4.76. The highest BCUT2D eigenvalue weighted by Gasteiger charge is 2.18. The van der Waals surface area contributed by atoms with Crippen LogP contribution in [0.15, 0.2) is 27.6 Å². The number of halogens is 1. The monoisotopic (exact) mass is 351 g/mol. The van der Waals surface area contributed by atoms with Crippen LogP contribution in [-0.4, -0.2) is 34.8 Å². The van der Waals surface area contributed by atoms with Gasteiger partial charge in [0, 0.05) is 12.6 Å². The molecule has 1 rings (SSSR count). The number of benzene rings is 1. The van der Waals surface area contributed by atoms with Crippen LogP contribution >= 0.6 is 15.9 Å². The smallest absolute Gasteiger partial charge is 0.240 e. The summed E-state index contributed by atoms with van der Waals surface area (Å²) in [5.74, 6) is 0.585. The lowest BCUT2D eigenvalue weighted by Gasteiger charge is -2.14. The molecular weight excluding hydrogens is 334 g/mol. The predicted molar refractivity (Wildman–Crippen MR) is 77.0 cm³/mol. The number of hydrogen-bond acceptors (Lipinski definition) is 4. The third-order valence-electron chi connectivity index (χ3n) is 2.36. The van der Waals surface area contributed by atoms with E-state index in [0.29, 0.717) is 23.4 Å². The molecule has 1 atom stereocenters. The number of rotatable bonds is 7. The molecule has 0 spiro atoms. The molecule has 0 saturated carbocycles. The molecule has 19 heavy (non-hydrogen) atoms. The minimum atomic E-state index is -3.55. The third-order valence-corrected chi connectivity index (χ3v) is 4.57. The maximum Gasteiger partial charge on any atom is 0.240 e. The van der Waals surface area contributed by atoms with Gasteiger partial charge in [0.2, 0.25) is 10.0 Å². The van der Waals surface area contributed by atoms with Gasteiger partial charge in [0.25, 0.3) is 0 Å². The molecule has 1 unspecified atom stereocenters. The summed E-state index contributed by atoms with van der Waals surface area (Å²) in [6.45, 7) is 4.51. The number of methoxy groups -OCH3 is 1. The van der Waals surface area contributed by atoms with Crippen molar-refractivity contribution in [3.63, 3.8) is 0 Å². The van der Waals surface area contributed by atoms with Crippen LogP contribution in [0.3, 0.4) is 0 Å². The Labute approximate surface area is 122 Å². The van der Waals surface area contributed by atoms with Crippen molar-refractivity contribution in [2.24, 2.45) is 0 Å². The first-order chi connectivity index (χ1) is 8.90. The highest BCUT2D eigenvalue weighted by molar-refractivity contribution is 9.10. The zero-order valence-electron chi connectivity index (χ0n) is 11.1. The standard InChI is InChI=1S/C12H18BrNO4S/c1-4-18-8-9(2)14-19(15,16)10-5-6-12(17-3)11(13)7-10/h5-7,9,14H,4,8H2,1-3H3. The van der Waals surface area contributed by atoms with Gasteiger partial charge in [0.05, 0.1) is 23.1 Å². The number of nitrogens with one attached hydrogen (secondary N) is 1. The first-order valence-electron chi connectivity index (χ1n) is 5.84. The summed E-state index contributed by atoms with van der Waals surface area (Å²) < 4.78 is 37.7. The lowest BCUT2D eigenvalue weighted by molar-refractivity contribution is 0.133. The van der Waals surface area contributed by atoms with Crippen molar-refractivity contribution >= 4 is 26.0 Å². The van der Waals surface area contributed by atoms with E-state index in [2.05, 4.69) is 20.7 Å². The summed E-state index contributed by atoms with van der Waals surface area (Å²) in [4.78, 5) is 0.184. The van der Waals surface area contributed by atoms with Crippen LogP contribution in [0.2, 0.25) is 0 Å². The van der Waals surface area contributed by atoms with E-state index in [4.69, 9.17) is 9.47 Å². The molecular formula is C12H18BrNO4S. The minimum Gasteiger partial charge on any atom is -0.496 e. The van der Waals surface area contributed by atoms with Crippen LogP contribution in [0.5, 0.6) is 5.75 Å². The highest BCUT2D eigenvalue weighted by Crippen LogP contribution is 2.27. The zero-order chi connectivity index (χ0) is 14.5. The first kappa shape index (κ1) is 16.4. The lowest BCUT2D eigenvalue weighted by atomic mass is 10.3. The van der Waals surface area contributed by atoms with Gasteiger partial charge in [-0.2, -0.15) is 0 Å². The van der Waals surface area contributed by atoms with E-state index in [9.17, 15) is 8.42 Å². The summed E-state index contributed by atoms with van der Waals surface area (Å²) in [6, 6.07) is 4.32. The normalized spacial score (nSPS) is 13.3. The van der Waals surface area contributed by atoms with E-state index in [1.807, 2.05) is 6.92 Å². The summed E-state index contributed by atoms with van der Waals surface area (Å²) in [6.07, 6.45) is 0. The van der Waals surface area contributed by atoms with Crippen LogP contribution in [-0.2, 0) is 14.8 Å². The molecule has 0 amide bonds. The fourth-order valence-corrected chi connectivity index (χ4v) is 3.42. The van der Waals surface area contributed by atoms with E-state index in [1.165, 1.54) is 19.2 Å². The van der Waals surface area contributed by atoms with Crippen molar-refractivity contribution in [3.8, 4) is 5.75 Å². The summed E-state index contributed by atoms with van der Waals surface area (Å²) in [7, 11) is -2.03. The molecule has 0 fully saturated rings. The Bertz CT molecular complexity index is 518.